The van der Waals surface area contributed by atoms with Crippen LogP contribution in [-0.2, 0) is 0 Å². The molecule has 23 heavy (non-hydrogen) atoms. The van der Waals surface area contributed by atoms with E-state index in [1.807, 2.05) is 35.0 Å². The van der Waals surface area contributed by atoms with Crippen molar-refractivity contribution in [3.8, 4) is 11.4 Å². The number of aromatic nitrogens is 3. The Hall–Kier alpha value is -2.40. The minimum Gasteiger partial charge on any atom is -0.187 e. The number of rotatable bonds is 2. The predicted molar refractivity (Wildman–Crippen MR) is 94.0 cm³/mol. The van der Waals surface area contributed by atoms with Gasteiger partial charge in [0.25, 0.3) is 0 Å². The Morgan fingerprint density at radius 2 is 1.74 bits per heavy atom. The largest absolute Gasteiger partial charge is 0.212 e. The van der Waals surface area contributed by atoms with E-state index in [1.54, 1.807) is 11.8 Å². The maximum Gasteiger partial charge on any atom is 0.212 e. The Bertz CT molecular complexity index is 897. The van der Waals surface area contributed by atoms with Crippen LogP contribution in [0.3, 0.4) is 0 Å². The number of hydrogen-bond acceptors (Lipinski definition) is 4. The summed E-state index contributed by atoms with van der Waals surface area (Å²) in [5.74, 6) is 1.60. The molecule has 4 nitrogen and oxygen atoms in total. The molecule has 4 rings (SSSR count). The van der Waals surface area contributed by atoms with Crippen molar-refractivity contribution in [1.29, 1.82) is 0 Å². The molecule has 0 aliphatic carbocycles. The molecule has 0 fully saturated rings. The third kappa shape index (κ3) is 2.57. The van der Waals surface area contributed by atoms with Gasteiger partial charge in [0, 0.05) is 11.3 Å². The van der Waals surface area contributed by atoms with E-state index in [4.69, 9.17) is 5.10 Å². The van der Waals surface area contributed by atoms with Crippen molar-refractivity contribution in [3.63, 3.8) is 0 Å². The van der Waals surface area contributed by atoms with Gasteiger partial charge in [-0.2, -0.15) is 9.78 Å². The second kappa shape index (κ2) is 5.66. The van der Waals surface area contributed by atoms with Crippen LogP contribution in [0, 0.1) is 13.8 Å². The van der Waals surface area contributed by atoms with Crippen molar-refractivity contribution in [3.05, 3.63) is 65.2 Å². The summed E-state index contributed by atoms with van der Waals surface area (Å²) in [7, 11) is 0. The van der Waals surface area contributed by atoms with Gasteiger partial charge in [-0.25, -0.2) is 0 Å². The van der Waals surface area contributed by atoms with Crippen molar-refractivity contribution in [2.75, 3.05) is 5.75 Å². The molecule has 3 aromatic rings. The van der Waals surface area contributed by atoms with Gasteiger partial charge in [-0.05, 0) is 36.6 Å². The quantitative estimate of drug-likeness (QED) is 0.719. The average Bonchev–Trinajstić information content (AvgIpc) is 3.01. The second-order valence-corrected chi connectivity index (χ2v) is 6.56. The van der Waals surface area contributed by atoms with Gasteiger partial charge < -0.3 is 0 Å². The van der Waals surface area contributed by atoms with Crippen LogP contribution in [0.15, 0.2) is 58.8 Å². The molecule has 0 saturated carbocycles. The van der Waals surface area contributed by atoms with Crippen molar-refractivity contribution >= 4 is 17.5 Å². The molecule has 2 aromatic carbocycles. The summed E-state index contributed by atoms with van der Waals surface area (Å²) >= 11 is 1.68. The molecule has 0 amide bonds. The van der Waals surface area contributed by atoms with E-state index in [-0.39, 0.29) is 0 Å². The molecular formula is C18H16N4S. The SMILES string of the molecule is Cc1ccc(C2=Nn3c(nnc3-c3ccccc3)SC2)cc1C. The fourth-order valence-electron chi connectivity index (χ4n) is 2.56. The molecule has 0 bridgehead atoms. The number of hydrogen-bond donors (Lipinski definition) is 0. The van der Waals surface area contributed by atoms with Gasteiger partial charge in [0.05, 0.1) is 5.71 Å². The van der Waals surface area contributed by atoms with E-state index in [0.29, 0.717) is 0 Å². The summed E-state index contributed by atoms with van der Waals surface area (Å²) in [6, 6.07) is 16.5. The average molecular weight is 320 g/mol. The molecule has 0 atom stereocenters. The van der Waals surface area contributed by atoms with Gasteiger partial charge >= 0.3 is 0 Å². The standard InChI is InChI=1S/C18H16N4S/c1-12-8-9-15(10-13(12)2)16-11-23-18-20-19-17(22(18)21-16)14-6-4-3-5-7-14/h3-10H,11H2,1-2H3. The molecule has 0 saturated heterocycles. The van der Waals surface area contributed by atoms with Crippen LogP contribution in [0.25, 0.3) is 11.4 Å². The summed E-state index contributed by atoms with van der Waals surface area (Å²) in [5, 5.41) is 14.2. The van der Waals surface area contributed by atoms with Gasteiger partial charge in [-0.3, -0.25) is 0 Å². The Morgan fingerprint density at radius 3 is 2.52 bits per heavy atom. The molecule has 0 spiro atoms. The highest BCUT2D eigenvalue weighted by Gasteiger charge is 2.20. The lowest BCUT2D eigenvalue weighted by Crippen LogP contribution is -2.14. The first kappa shape index (κ1) is 14.2. The first-order chi connectivity index (χ1) is 11.2. The van der Waals surface area contributed by atoms with Gasteiger partial charge in [-0.1, -0.05) is 54.2 Å². The summed E-state index contributed by atoms with van der Waals surface area (Å²) < 4.78 is 1.86. The van der Waals surface area contributed by atoms with E-state index in [9.17, 15) is 0 Å². The summed E-state index contributed by atoms with van der Waals surface area (Å²) in [6.07, 6.45) is 0. The number of fused-ring (bicyclic) bond motifs is 1. The van der Waals surface area contributed by atoms with Crippen molar-refractivity contribution in [1.82, 2.24) is 14.9 Å². The summed E-state index contributed by atoms with van der Waals surface area (Å²) in [6.45, 7) is 4.26. The zero-order valence-corrected chi connectivity index (χ0v) is 13.8. The first-order valence-electron chi connectivity index (χ1n) is 7.51. The molecule has 0 N–H and O–H groups in total. The van der Waals surface area contributed by atoms with Gasteiger partial charge in [0.15, 0.2) is 5.82 Å². The summed E-state index contributed by atoms with van der Waals surface area (Å²) in [4.78, 5) is 0. The fraction of sp³-hybridized carbons (Fsp3) is 0.167. The summed E-state index contributed by atoms with van der Waals surface area (Å²) in [5.41, 5.74) is 5.83. The second-order valence-electron chi connectivity index (χ2n) is 5.62. The van der Waals surface area contributed by atoms with Crippen molar-refractivity contribution < 1.29 is 0 Å². The smallest absolute Gasteiger partial charge is 0.187 e. The number of aryl methyl sites for hydroxylation is 2. The Kier molecular flexibility index (Phi) is 3.50. The van der Waals surface area contributed by atoms with Gasteiger partial charge in [0.2, 0.25) is 5.16 Å². The van der Waals surface area contributed by atoms with Crippen LogP contribution in [0.2, 0.25) is 0 Å². The van der Waals surface area contributed by atoms with E-state index in [2.05, 4.69) is 42.2 Å². The van der Waals surface area contributed by atoms with Crippen LogP contribution in [0.1, 0.15) is 16.7 Å². The van der Waals surface area contributed by atoms with Crippen molar-refractivity contribution in [2.24, 2.45) is 5.10 Å². The zero-order valence-electron chi connectivity index (χ0n) is 13.0. The maximum absolute atomic E-state index is 4.81. The van der Waals surface area contributed by atoms with Crippen molar-refractivity contribution in [2.45, 2.75) is 19.0 Å². The molecule has 1 aliphatic heterocycles. The first-order valence-corrected chi connectivity index (χ1v) is 8.50. The molecule has 114 valence electrons. The van der Waals surface area contributed by atoms with E-state index < -0.39 is 0 Å². The molecule has 1 aliphatic rings. The van der Waals surface area contributed by atoms with Crippen LogP contribution in [-0.4, -0.2) is 26.3 Å². The van der Waals surface area contributed by atoms with Crippen LogP contribution < -0.4 is 0 Å². The molecule has 2 heterocycles. The Labute approximate surface area is 139 Å². The minimum atomic E-state index is 0.786. The highest BCUT2D eigenvalue weighted by atomic mass is 32.2. The van der Waals surface area contributed by atoms with Crippen LogP contribution >= 0.6 is 11.8 Å². The lowest BCUT2D eigenvalue weighted by Gasteiger charge is -2.14. The van der Waals surface area contributed by atoms with E-state index >= 15 is 0 Å². The maximum atomic E-state index is 4.81. The predicted octanol–water partition coefficient (Wildman–Crippen LogP) is 3.92. The number of nitrogens with zero attached hydrogens (tertiary/aromatic N) is 4. The van der Waals surface area contributed by atoms with Crippen LogP contribution in [0.5, 0.6) is 0 Å². The lowest BCUT2D eigenvalue weighted by molar-refractivity contribution is 0.762. The topological polar surface area (TPSA) is 43.1 Å². The molecule has 0 radical (unpaired) electrons. The molecule has 0 unspecified atom stereocenters. The highest BCUT2D eigenvalue weighted by Crippen LogP contribution is 2.28. The Balaban J connectivity index is 1.80. The third-order valence-corrected chi connectivity index (χ3v) is 4.97. The van der Waals surface area contributed by atoms with Crippen LogP contribution in [0.4, 0.5) is 0 Å². The monoisotopic (exact) mass is 320 g/mol. The van der Waals surface area contributed by atoms with E-state index in [0.717, 1.165) is 28.0 Å². The van der Waals surface area contributed by atoms with E-state index in [1.165, 1.54) is 16.7 Å². The molecule has 5 heteroatoms. The Morgan fingerprint density at radius 1 is 0.913 bits per heavy atom. The lowest BCUT2D eigenvalue weighted by atomic mass is 10.0. The number of thioether (sulfide) groups is 1. The zero-order chi connectivity index (χ0) is 15.8. The minimum absolute atomic E-state index is 0.786. The highest BCUT2D eigenvalue weighted by molar-refractivity contribution is 7.99. The third-order valence-electron chi connectivity index (χ3n) is 4.04. The fourth-order valence-corrected chi connectivity index (χ4v) is 3.40. The molecular weight excluding hydrogens is 304 g/mol. The number of benzene rings is 2. The molecule has 1 aromatic heterocycles. The van der Waals surface area contributed by atoms with Gasteiger partial charge in [0.1, 0.15) is 0 Å². The van der Waals surface area contributed by atoms with Gasteiger partial charge in [-0.15, -0.1) is 10.2 Å². The normalized spacial score (nSPS) is 13.6.